The lowest BCUT2D eigenvalue weighted by Crippen LogP contribution is -2.57. The smallest absolute Gasteiger partial charge is 0.307 e. The fourth-order valence-electron chi connectivity index (χ4n) is 6.09. The standard InChI is InChI=1S/C21H28ClN3O5/c1-29-17(26)4-16(5-18(27)30-2)25-11-15(10-23-25)24-19(28)20-6-13-3-14(7-20)9-21(22,8-13)12-20/h10-11,13-14,16H,3-9,12H2,1-2H3,(H,24,28). The maximum Gasteiger partial charge on any atom is 0.307 e. The molecule has 2 unspecified atom stereocenters. The number of rotatable bonds is 7. The molecule has 5 rings (SSSR count). The van der Waals surface area contributed by atoms with E-state index in [1.54, 1.807) is 6.20 Å². The SMILES string of the molecule is COC(=O)CC(CC(=O)OC)n1cc(NC(=O)C23CC4CC(CC(Cl)(C4)C2)C3)cn1. The number of anilines is 1. The second-order valence-electron chi connectivity index (χ2n) is 9.27. The van der Waals surface area contributed by atoms with Crippen molar-refractivity contribution in [2.75, 3.05) is 19.5 Å². The highest BCUT2D eigenvalue weighted by atomic mass is 35.5. The van der Waals surface area contributed by atoms with E-state index in [0.717, 1.165) is 32.1 Å². The number of hydrogen-bond acceptors (Lipinski definition) is 6. The third kappa shape index (κ3) is 4.06. The van der Waals surface area contributed by atoms with Crippen LogP contribution in [-0.4, -0.2) is 46.7 Å². The second kappa shape index (κ2) is 7.87. The summed E-state index contributed by atoms with van der Waals surface area (Å²) in [6.07, 6.45) is 8.86. The number of aromatic nitrogens is 2. The Morgan fingerprint density at radius 2 is 1.77 bits per heavy atom. The van der Waals surface area contributed by atoms with Gasteiger partial charge in [0.05, 0.1) is 50.4 Å². The molecule has 1 amide bonds. The van der Waals surface area contributed by atoms with Crippen molar-refractivity contribution in [1.29, 1.82) is 0 Å². The lowest BCUT2D eigenvalue weighted by Gasteiger charge is -2.59. The Morgan fingerprint density at radius 1 is 1.17 bits per heavy atom. The van der Waals surface area contributed by atoms with Crippen LogP contribution >= 0.6 is 11.6 Å². The molecule has 0 saturated heterocycles. The maximum absolute atomic E-state index is 13.3. The molecule has 4 bridgehead atoms. The van der Waals surface area contributed by atoms with Crippen molar-refractivity contribution in [3.05, 3.63) is 12.4 Å². The molecule has 164 valence electrons. The molecule has 1 heterocycles. The lowest BCUT2D eigenvalue weighted by atomic mass is 9.49. The van der Waals surface area contributed by atoms with E-state index in [4.69, 9.17) is 21.1 Å². The van der Waals surface area contributed by atoms with Gasteiger partial charge in [0.1, 0.15) is 0 Å². The van der Waals surface area contributed by atoms with Crippen LogP contribution < -0.4 is 5.32 Å². The number of amides is 1. The molecule has 0 spiro atoms. The lowest BCUT2D eigenvalue weighted by molar-refractivity contribution is -0.144. The summed E-state index contributed by atoms with van der Waals surface area (Å²) in [5.41, 5.74) is 0.129. The first kappa shape index (κ1) is 21.2. The molecule has 1 aromatic heterocycles. The van der Waals surface area contributed by atoms with E-state index in [-0.39, 0.29) is 23.6 Å². The number of carbonyl (C=O) groups excluding carboxylic acids is 3. The fraction of sp³-hybridized carbons (Fsp3) is 0.714. The molecule has 9 heteroatoms. The normalized spacial score (nSPS) is 31.6. The van der Waals surface area contributed by atoms with Gasteiger partial charge in [-0.3, -0.25) is 19.1 Å². The van der Waals surface area contributed by atoms with Crippen LogP contribution in [0.4, 0.5) is 5.69 Å². The fourth-order valence-corrected chi connectivity index (χ4v) is 6.79. The van der Waals surface area contributed by atoms with Crippen molar-refractivity contribution in [3.63, 3.8) is 0 Å². The van der Waals surface area contributed by atoms with Gasteiger partial charge in [0.25, 0.3) is 0 Å². The highest BCUT2D eigenvalue weighted by Crippen LogP contribution is 2.64. The van der Waals surface area contributed by atoms with E-state index in [2.05, 4.69) is 10.4 Å². The summed E-state index contributed by atoms with van der Waals surface area (Å²) >= 11 is 6.85. The molecule has 4 aliphatic rings. The summed E-state index contributed by atoms with van der Waals surface area (Å²) in [7, 11) is 2.59. The van der Waals surface area contributed by atoms with Gasteiger partial charge in [-0.1, -0.05) is 0 Å². The van der Waals surface area contributed by atoms with Gasteiger partial charge in [-0.05, 0) is 50.4 Å². The molecule has 0 aromatic carbocycles. The number of ether oxygens (including phenoxy) is 2. The molecule has 2 atom stereocenters. The minimum absolute atomic E-state index is 0.00124. The average molecular weight is 438 g/mol. The van der Waals surface area contributed by atoms with Crippen molar-refractivity contribution in [1.82, 2.24) is 9.78 Å². The van der Waals surface area contributed by atoms with Crippen molar-refractivity contribution < 1.29 is 23.9 Å². The molecule has 0 aliphatic heterocycles. The van der Waals surface area contributed by atoms with E-state index in [9.17, 15) is 14.4 Å². The number of nitrogens with zero attached hydrogens (tertiary/aromatic N) is 2. The molecule has 1 N–H and O–H groups in total. The molecule has 30 heavy (non-hydrogen) atoms. The summed E-state index contributed by atoms with van der Waals surface area (Å²) in [6, 6.07) is -0.554. The van der Waals surface area contributed by atoms with Crippen LogP contribution in [0.1, 0.15) is 57.4 Å². The van der Waals surface area contributed by atoms with Crippen molar-refractivity contribution in [3.8, 4) is 0 Å². The molecule has 4 fully saturated rings. The molecular weight excluding hydrogens is 410 g/mol. The summed E-state index contributed by atoms with van der Waals surface area (Å²) in [5, 5.41) is 7.28. The summed E-state index contributed by atoms with van der Waals surface area (Å²) in [5.74, 6) is 0.152. The first-order valence-electron chi connectivity index (χ1n) is 10.4. The average Bonchev–Trinajstić information content (AvgIpc) is 3.13. The number of carbonyl (C=O) groups is 3. The highest BCUT2D eigenvalue weighted by Gasteiger charge is 2.60. The van der Waals surface area contributed by atoms with Crippen LogP contribution in [0.2, 0.25) is 0 Å². The Morgan fingerprint density at radius 3 is 2.30 bits per heavy atom. The quantitative estimate of drug-likeness (QED) is 0.519. The van der Waals surface area contributed by atoms with Gasteiger partial charge < -0.3 is 14.8 Å². The second-order valence-corrected chi connectivity index (χ2v) is 10.1. The van der Waals surface area contributed by atoms with Crippen LogP contribution in [0.25, 0.3) is 0 Å². The summed E-state index contributed by atoms with van der Waals surface area (Å²) in [4.78, 5) is 36.5. The molecule has 0 radical (unpaired) electrons. The number of esters is 2. The van der Waals surface area contributed by atoms with Crippen LogP contribution in [0, 0.1) is 17.3 Å². The molecule has 4 aliphatic carbocycles. The maximum atomic E-state index is 13.3. The Labute approximate surface area is 180 Å². The van der Waals surface area contributed by atoms with E-state index in [1.807, 2.05) is 0 Å². The Hall–Kier alpha value is -2.09. The zero-order valence-electron chi connectivity index (χ0n) is 17.4. The minimum atomic E-state index is -0.554. The predicted octanol–water partition coefficient (Wildman–Crippen LogP) is 3.07. The number of nitrogens with one attached hydrogen (secondary N) is 1. The number of methoxy groups -OCH3 is 2. The van der Waals surface area contributed by atoms with Crippen molar-refractivity contribution in [2.45, 2.75) is 62.3 Å². The predicted molar refractivity (Wildman–Crippen MR) is 109 cm³/mol. The van der Waals surface area contributed by atoms with Crippen molar-refractivity contribution in [2.24, 2.45) is 17.3 Å². The number of alkyl halides is 1. The monoisotopic (exact) mass is 437 g/mol. The molecule has 1 aromatic rings. The molecular formula is C21H28ClN3O5. The van der Waals surface area contributed by atoms with Gasteiger partial charge in [-0.25, -0.2) is 0 Å². The number of hydrogen-bond donors (Lipinski definition) is 1. The first-order valence-corrected chi connectivity index (χ1v) is 10.8. The van der Waals surface area contributed by atoms with Gasteiger partial charge in [0.15, 0.2) is 0 Å². The van der Waals surface area contributed by atoms with Gasteiger partial charge >= 0.3 is 11.9 Å². The largest absolute Gasteiger partial charge is 0.469 e. The Balaban J connectivity index is 1.47. The Bertz CT molecular complexity index is 821. The molecule has 4 saturated carbocycles. The minimum Gasteiger partial charge on any atom is -0.469 e. The van der Waals surface area contributed by atoms with E-state index < -0.39 is 23.4 Å². The van der Waals surface area contributed by atoms with Gasteiger partial charge in [-0.15, -0.1) is 11.6 Å². The zero-order valence-corrected chi connectivity index (χ0v) is 18.1. The number of halogens is 1. The topological polar surface area (TPSA) is 99.5 Å². The highest BCUT2D eigenvalue weighted by molar-refractivity contribution is 6.24. The van der Waals surface area contributed by atoms with E-state index in [0.29, 0.717) is 17.5 Å². The molecule has 8 nitrogen and oxygen atoms in total. The Kier molecular flexibility index (Phi) is 5.55. The van der Waals surface area contributed by atoms with Crippen LogP contribution in [0.5, 0.6) is 0 Å². The first-order chi connectivity index (χ1) is 14.2. The van der Waals surface area contributed by atoms with Crippen LogP contribution in [0.15, 0.2) is 12.4 Å². The third-order valence-corrected chi connectivity index (χ3v) is 7.41. The van der Waals surface area contributed by atoms with Gasteiger partial charge in [0, 0.05) is 11.1 Å². The van der Waals surface area contributed by atoms with Gasteiger partial charge in [-0.2, -0.15) is 5.10 Å². The van der Waals surface area contributed by atoms with E-state index >= 15 is 0 Å². The van der Waals surface area contributed by atoms with Gasteiger partial charge in [0.2, 0.25) is 5.91 Å². The van der Waals surface area contributed by atoms with Crippen LogP contribution in [-0.2, 0) is 23.9 Å². The zero-order chi connectivity index (χ0) is 21.5. The summed E-state index contributed by atoms with van der Waals surface area (Å²) < 4.78 is 10.9. The van der Waals surface area contributed by atoms with Crippen LogP contribution in [0.3, 0.4) is 0 Å². The van der Waals surface area contributed by atoms with Crippen molar-refractivity contribution >= 4 is 35.1 Å². The third-order valence-electron chi connectivity index (χ3n) is 6.96. The van der Waals surface area contributed by atoms with E-state index in [1.165, 1.54) is 31.5 Å². The summed E-state index contributed by atoms with van der Waals surface area (Å²) in [6.45, 7) is 0.